The number of hydrogen-bond acceptors (Lipinski definition) is 7. The van der Waals surface area contributed by atoms with Crippen molar-refractivity contribution in [3.8, 4) is 0 Å². The van der Waals surface area contributed by atoms with E-state index < -0.39 is 5.91 Å². The number of amides is 2. The van der Waals surface area contributed by atoms with E-state index in [0.29, 0.717) is 29.3 Å². The summed E-state index contributed by atoms with van der Waals surface area (Å²) in [5.74, 6) is 0.383. The van der Waals surface area contributed by atoms with Gasteiger partial charge in [-0.1, -0.05) is 15.9 Å². The first-order chi connectivity index (χ1) is 19.4. The van der Waals surface area contributed by atoms with Crippen LogP contribution in [0.25, 0.3) is 0 Å². The van der Waals surface area contributed by atoms with Crippen LogP contribution in [0.1, 0.15) is 41.7 Å². The van der Waals surface area contributed by atoms with Crippen LogP contribution in [0.4, 0.5) is 17.2 Å². The standard InChI is InChI=1S/C29H34BrN7O3/c30-22-4-5-24(25(18-22)34-28(38)26-3-1-2-12-37(26)40)33-23-9-15-36(16-10-23)29(39)21-7-13-35(14-8-21)19-20-6-11-32-27(31)17-20/h1-6,11-12,17-18,21,23,33H,7-10,13-16,19H2,(H2,31,32)(H,34,38). The molecule has 11 heteroatoms. The fraction of sp³-hybridized carbons (Fsp3) is 0.379. The summed E-state index contributed by atoms with van der Waals surface area (Å²) in [6.45, 7) is 4.01. The molecule has 0 radical (unpaired) electrons. The number of nitrogen functional groups attached to an aromatic ring is 1. The Morgan fingerprint density at radius 3 is 2.52 bits per heavy atom. The van der Waals surface area contributed by atoms with Crippen molar-refractivity contribution in [2.45, 2.75) is 38.3 Å². The lowest BCUT2D eigenvalue weighted by molar-refractivity contribution is -0.607. The maximum Gasteiger partial charge on any atom is 0.321 e. The highest BCUT2D eigenvalue weighted by molar-refractivity contribution is 9.10. The van der Waals surface area contributed by atoms with Gasteiger partial charge in [0.2, 0.25) is 5.91 Å². The van der Waals surface area contributed by atoms with Crippen molar-refractivity contribution in [1.29, 1.82) is 0 Å². The van der Waals surface area contributed by atoms with Gasteiger partial charge in [0.25, 0.3) is 5.69 Å². The van der Waals surface area contributed by atoms with E-state index in [1.807, 2.05) is 35.2 Å². The number of pyridine rings is 2. The van der Waals surface area contributed by atoms with Crippen LogP contribution < -0.4 is 21.1 Å². The third-order valence-corrected chi connectivity index (χ3v) is 8.13. The van der Waals surface area contributed by atoms with Gasteiger partial charge >= 0.3 is 5.91 Å². The van der Waals surface area contributed by atoms with Crippen molar-refractivity contribution in [2.75, 3.05) is 42.5 Å². The fourth-order valence-electron chi connectivity index (χ4n) is 5.45. The second-order valence-electron chi connectivity index (χ2n) is 10.4. The maximum atomic E-state index is 13.3. The Labute approximate surface area is 242 Å². The Hall–Kier alpha value is -3.70. The molecule has 2 saturated heterocycles. The minimum atomic E-state index is -0.479. The molecule has 3 aromatic rings. The fourth-order valence-corrected chi connectivity index (χ4v) is 5.81. The lowest BCUT2D eigenvalue weighted by atomic mass is 9.93. The number of carbonyl (C=O) groups excluding carboxylic acids is 2. The van der Waals surface area contributed by atoms with Crippen LogP contribution in [0.15, 0.2) is 65.4 Å². The number of likely N-dealkylation sites (tertiary alicyclic amines) is 2. The molecule has 0 saturated carbocycles. The Bertz CT molecular complexity index is 1350. The van der Waals surface area contributed by atoms with E-state index in [-0.39, 0.29) is 23.6 Å². The van der Waals surface area contributed by atoms with Crippen LogP contribution in [-0.4, -0.2) is 58.8 Å². The highest BCUT2D eigenvalue weighted by Crippen LogP contribution is 2.29. The van der Waals surface area contributed by atoms with Gasteiger partial charge in [-0.15, -0.1) is 0 Å². The molecule has 2 aliphatic rings. The molecule has 2 amide bonds. The van der Waals surface area contributed by atoms with Gasteiger partial charge in [0.05, 0.1) is 11.4 Å². The second-order valence-corrected chi connectivity index (χ2v) is 11.4. The minimum absolute atomic E-state index is 0.0214. The van der Waals surface area contributed by atoms with Crippen molar-refractivity contribution in [2.24, 2.45) is 5.92 Å². The minimum Gasteiger partial charge on any atom is -0.618 e. The van der Waals surface area contributed by atoms with E-state index >= 15 is 0 Å². The molecule has 0 spiro atoms. The van der Waals surface area contributed by atoms with E-state index in [4.69, 9.17) is 5.73 Å². The molecule has 4 N–H and O–H groups in total. The van der Waals surface area contributed by atoms with Crippen molar-refractivity contribution in [3.63, 3.8) is 0 Å². The summed E-state index contributed by atoms with van der Waals surface area (Å²) in [4.78, 5) is 34.5. The number of piperidine rings is 2. The molecule has 0 unspecified atom stereocenters. The quantitative estimate of drug-likeness (QED) is 0.276. The number of carbonyl (C=O) groups is 2. The topological polar surface area (TPSA) is 131 Å². The molecule has 40 heavy (non-hydrogen) atoms. The van der Waals surface area contributed by atoms with Crippen LogP contribution in [0, 0.1) is 11.1 Å². The van der Waals surface area contributed by atoms with Gasteiger partial charge < -0.3 is 26.5 Å². The number of rotatable bonds is 7. The number of aromatic nitrogens is 2. The number of hydrogen-bond donors (Lipinski definition) is 3. The summed E-state index contributed by atoms with van der Waals surface area (Å²) < 4.78 is 1.36. The molecule has 0 aliphatic carbocycles. The summed E-state index contributed by atoms with van der Waals surface area (Å²) in [6.07, 6.45) is 6.40. The molecule has 210 valence electrons. The molecule has 0 bridgehead atoms. The lowest BCUT2D eigenvalue weighted by Crippen LogP contribution is -2.47. The number of anilines is 3. The number of nitrogens with zero attached hydrogens (tertiary/aromatic N) is 4. The van der Waals surface area contributed by atoms with Crippen molar-refractivity contribution >= 4 is 44.9 Å². The summed E-state index contributed by atoms with van der Waals surface area (Å²) in [7, 11) is 0. The summed E-state index contributed by atoms with van der Waals surface area (Å²) in [6, 6.07) is 14.4. The largest absolute Gasteiger partial charge is 0.618 e. The second kappa shape index (κ2) is 12.6. The summed E-state index contributed by atoms with van der Waals surface area (Å²) in [5, 5.41) is 18.4. The van der Waals surface area contributed by atoms with E-state index in [1.54, 1.807) is 18.3 Å². The first kappa shape index (κ1) is 27.9. The molecule has 2 aromatic heterocycles. The highest BCUT2D eigenvalue weighted by atomic mass is 79.9. The summed E-state index contributed by atoms with van der Waals surface area (Å²) in [5.41, 5.74) is 8.34. The molecule has 2 fully saturated rings. The van der Waals surface area contributed by atoms with E-state index in [9.17, 15) is 14.8 Å². The van der Waals surface area contributed by atoms with E-state index in [0.717, 1.165) is 61.0 Å². The molecule has 5 rings (SSSR count). The third kappa shape index (κ3) is 6.89. The first-order valence-corrected chi connectivity index (χ1v) is 14.4. The zero-order valence-corrected chi connectivity index (χ0v) is 23.8. The third-order valence-electron chi connectivity index (χ3n) is 7.64. The SMILES string of the molecule is Nc1cc(CN2CCC(C(=O)N3CCC(Nc4ccc(Br)cc4NC(=O)c4cccc[n+]4[O-])CC3)CC2)ccn1. The molecular formula is C29H34BrN7O3. The predicted molar refractivity (Wildman–Crippen MR) is 157 cm³/mol. The van der Waals surface area contributed by atoms with Crippen LogP contribution >= 0.6 is 15.9 Å². The number of nitrogens with two attached hydrogens (primary N) is 1. The highest BCUT2D eigenvalue weighted by Gasteiger charge is 2.31. The zero-order valence-electron chi connectivity index (χ0n) is 22.3. The van der Waals surface area contributed by atoms with Gasteiger partial charge in [0.15, 0.2) is 6.20 Å². The zero-order chi connectivity index (χ0) is 28.1. The Morgan fingerprint density at radius 1 is 1.02 bits per heavy atom. The predicted octanol–water partition coefficient (Wildman–Crippen LogP) is 3.63. The van der Waals surface area contributed by atoms with Gasteiger partial charge in [0.1, 0.15) is 5.82 Å². The number of nitrogens with one attached hydrogen (secondary N) is 2. The molecule has 10 nitrogen and oxygen atoms in total. The van der Waals surface area contributed by atoms with Crippen molar-refractivity contribution in [3.05, 3.63) is 81.9 Å². The van der Waals surface area contributed by atoms with Crippen LogP contribution in [0.3, 0.4) is 0 Å². The van der Waals surface area contributed by atoms with Crippen molar-refractivity contribution in [1.82, 2.24) is 14.8 Å². The molecular weight excluding hydrogens is 574 g/mol. The first-order valence-electron chi connectivity index (χ1n) is 13.6. The molecule has 4 heterocycles. The average Bonchev–Trinajstić information content (AvgIpc) is 2.95. The Balaban J connectivity index is 1.12. The van der Waals surface area contributed by atoms with E-state index in [2.05, 4.69) is 36.4 Å². The van der Waals surface area contributed by atoms with Gasteiger partial charge in [-0.3, -0.25) is 14.5 Å². The number of halogens is 1. The van der Waals surface area contributed by atoms with Gasteiger partial charge in [0, 0.05) is 54.4 Å². The van der Waals surface area contributed by atoms with Gasteiger partial charge in [-0.05, 0) is 80.7 Å². The van der Waals surface area contributed by atoms with Crippen LogP contribution in [-0.2, 0) is 11.3 Å². The normalized spacial score (nSPS) is 17.0. The molecule has 1 aromatic carbocycles. The monoisotopic (exact) mass is 607 g/mol. The smallest absolute Gasteiger partial charge is 0.321 e. The van der Waals surface area contributed by atoms with E-state index in [1.165, 1.54) is 12.3 Å². The number of benzene rings is 1. The Kier molecular flexibility index (Phi) is 8.81. The lowest BCUT2D eigenvalue weighted by Gasteiger charge is -2.37. The van der Waals surface area contributed by atoms with Crippen molar-refractivity contribution < 1.29 is 14.3 Å². The van der Waals surface area contributed by atoms with Gasteiger partial charge in [-0.2, -0.15) is 4.73 Å². The van der Waals surface area contributed by atoms with Crippen LogP contribution in [0.5, 0.6) is 0 Å². The van der Waals surface area contributed by atoms with Gasteiger partial charge in [-0.25, -0.2) is 4.98 Å². The average molecular weight is 609 g/mol. The van der Waals surface area contributed by atoms with Crippen LogP contribution in [0.2, 0.25) is 0 Å². The molecule has 2 aliphatic heterocycles. The summed E-state index contributed by atoms with van der Waals surface area (Å²) >= 11 is 3.47. The molecule has 0 atom stereocenters. The Morgan fingerprint density at radius 2 is 1.80 bits per heavy atom. The maximum absolute atomic E-state index is 13.3.